The second kappa shape index (κ2) is 6.90. The van der Waals surface area contributed by atoms with Crippen LogP contribution in [-0.2, 0) is 15.7 Å². The van der Waals surface area contributed by atoms with Gasteiger partial charge < -0.3 is 19.5 Å². The third-order valence-corrected chi connectivity index (χ3v) is 3.64. The average molecular weight is 344 g/mol. The molecule has 0 saturated carbocycles. The number of ketones is 1. The first-order valence-corrected chi connectivity index (χ1v) is 7.05. The molecule has 0 aromatic heterocycles. The van der Waals surface area contributed by atoms with Crippen LogP contribution in [0.3, 0.4) is 0 Å². The van der Waals surface area contributed by atoms with E-state index in [4.69, 9.17) is 4.74 Å². The minimum absolute atomic E-state index is 0.0426. The van der Waals surface area contributed by atoms with Crippen molar-refractivity contribution >= 4 is 17.8 Å². The van der Waals surface area contributed by atoms with E-state index < -0.39 is 42.2 Å². The predicted octanol–water partition coefficient (Wildman–Crippen LogP) is 1.24. The van der Waals surface area contributed by atoms with Gasteiger partial charge in [0.2, 0.25) is 0 Å². The Morgan fingerprint density at radius 1 is 1.21 bits per heavy atom. The highest BCUT2D eigenvalue weighted by atomic mass is 19.4. The molecule has 6 nitrogen and oxygen atoms in total. The summed E-state index contributed by atoms with van der Waals surface area (Å²) < 4.78 is 42.1. The molecule has 0 radical (unpaired) electrons. The molecule has 0 bridgehead atoms. The van der Waals surface area contributed by atoms with Crippen molar-refractivity contribution in [2.75, 3.05) is 13.2 Å². The van der Waals surface area contributed by atoms with Crippen molar-refractivity contribution in [2.45, 2.75) is 25.1 Å². The number of carboxylic acid groups (broad SMARTS) is 1. The second-order valence-corrected chi connectivity index (χ2v) is 5.22. The smallest absolute Gasteiger partial charge is 0.416 e. The van der Waals surface area contributed by atoms with E-state index >= 15 is 0 Å². The number of benzene rings is 1. The maximum absolute atomic E-state index is 12.4. The number of rotatable bonds is 4. The zero-order valence-corrected chi connectivity index (χ0v) is 12.3. The Hall–Kier alpha value is -2.58. The molecule has 2 rings (SSSR count). The third-order valence-electron chi connectivity index (χ3n) is 3.64. The highest BCUT2D eigenvalue weighted by Gasteiger charge is 2.33. The second-order valence-electron chi connectivity index (χ2n) is 5.22. The highest BCUT2D eigenvalue weighted by Crippen LogP contribution is 2.29. The monoisotopic (exact) mass is 344 g/mol. The molecular formula is C15H13F3NO5-. The van der Waals surface area contributed by atoms with Crippen LogP contribution in [0.2, 0.25) is 0 Å². The van der Waals surface area contributed by atoms with Gasteiger partial charge in [0.1, 0.15) is 12.1 Å². The van der Waals surface area contributed by atoms with Crippen LogP contribution in [0.5, 0.6) is 0 Å². The molecule has 1 amide bonds. The molecular weight excluding hydrogens is 331 g/mol. The fourth-order valence-electron chi connectivity index (χ4n) is 2.39. The minimum Gasteiger partial charge on any atom is -0.530 e. The van der Waals surface area contributed by atoms with Gasteiger partial charge >= 0.3 is 12.1 Å². The van der Waals surface area contributed by atoms with E-state index in [1.807, 2.05) is 0 Å². The van der Waals surface area contributed by atoms with Crippen LogP contribution >= 0.6 is 0 Å². The largest absolute Gasteiger partial charge is 0.530 e. The molecule has 1 saturated heterocycles. The van der Waals surface area contributed by atoms with E-state index in [1.54, 1.807) is 0 Å². The molecule has 1 aromatic rings. The Kier molecular flexibility index (Phi) is 5.10. The lowest BCUT2D eigenvalue weighted by molar-refractivity contribution is -0.266. The first-order chi connectivity index (χ1) is 11.2. The number of halogens is 3. The van der Waals surface area contributed by atoms with Crippen LogP contribution in [0.25, 0.3) is 0 Å². The number of amides is 1. The summed E-state index contributed by atoms with van der Waals surface area (Å²) in [5.41, 5.74) is -0.939. The van der Waals surface area contributed by atoms with Gasteiger partial charge in [-0.3, -0.25) is 4.79 Å². The molecule has 0 spiro atoms. The zero-order valence-electron chi connectivity index (χ0n) is 12.3. The van der Waals surface area contributed by atoms with Gasteiger partial charge in [0.25, 0.3) is 0 Å². The summed E-state index contributed by atoms with van der Waals surface area (Å²) in [5.74, 6) is -1.56. The summed E-state index contributed by atoms with van der Waals surface area (Å²) in [6.45, 7) is -0.531. The van der Waals surface area contributed by atoms with Gasteiger partial charge in [0.05, 0.1) is 5.56 Å². The topological polar surface area (TPSA) is 86.7 Å². The van der Waals surface area contributed by atoms with E-state index in [9.17, 15) is 32.7 Å². The number of esters is 1. The van der Waals surface area contributed by atoms with E-state index in [1.165, 1.54) is 0 Å². The number of alkyl halides is 3. The van der Waals surface area contributed by atoms with Crippen molar-refractivity contribution in [2.24, 2.45) is 0 Å². The molecule has 0 N–H and O–H groups in total. The fourth-order valence-corrected chi connectivity index (χ4v) is 2.39. The number of carbonyl (C=O) groups excluding carboxylic acids is 3. The van der Waals surface area contributed by atoms with Gasteiger partial charge in [-0.15, -0.1) is 0 Å². The molecule has 0 unspecified atom stereocenters. The summed E-state index contributed by atoms with van der Waals surface area (Å²) in [6.07, 6.45) is -5.27. The summed E-state index contributed by atoms with van der Waals surface area (Å²) in [4.78, 5) is 35.3. The van der Waals surface area contributed by atoms with Crippen LogP contribution in [0, 0.1) is 0 Å². The lowest BCUT2D eigenvalue weighted by atomic mass is 10.1. The van der Waals surface area contributed by atoms with Gasteiger partial charge in [-0.1, -0.05) is 12.1 Å². The third kappa shape index (κ3) is 4.03. The van der Waals surface area contributed by atoms with Crippen molar-refractivity contribution in [3.8, 4) is 0 Å². The van der Waals surface area contributed by atoms with E-state index in [0.717, 1.165) is 29.2 Å². The number of carbonyl (C=O) groups is 3. The lowest BCUT2D eigenvalue weighted by Gasteiger charge is -2.25. The molecule has 1 atom stereocenters. The van der Waals surface area contributed by atoms with Gasteiger partial charge in [-0.2, -0.15) is 13.2 Å². The van der Waals surface area contributed by atoms with Crippen LogP contribution in [-0.4, -0.2) is 41.9 Å². The van der Waals surface area contributed by atoms with Gasteiger partial charge in [0.15, 0.2) is 12.4 Å². The van der Waals surface area contributed by atoms with Crippen LogP contribution < -0.4 is 5.11 Å². The Morgan fingerprint density at radius 3 is 2.38 bits per heavy atom. The molecule has 1 heterocycles. The Morgan fingerprint density at radius 2 is 1.83 bits per heavy atom. The lowest BCUT2D eigenvalue weighted by Crippen LogP contribution is -2.47. The quantitative estimate of drug-likeness (QED) is 0.606. The van der Waals surface area contributed by atoms with Gasteiger partial charge in [-0.05, 0) is 25.0 Å². The van der Waals surface area contributed by atoms with E-state index in [2.05, 4.69) is 0 Å². The van der Waals surface area contributed by atoms with Crippen molar-refractivity contribution in [3.05, 3.63) is 35.4 Å². The van der Waals surface area contributed by atoms with Crippen molar-refractivity contribution in [1.29, 1.82) is 0 Å². The normalized spacial score (nSPS) is 17.6. The number of likely N-dealkylation sites (tertiary alicyclic amines) is 1. The van der Waals surface area contributed by atoms with E-state index in [-0.39, 0.29) is 18.5 Å². The van der Waals surface area contributed by atoms with Crippen LogP contribution in [0.1, 0.15) is 28.8 Å². The molecule has 1 aliphatic heterocycles. The number of nitrogens with zero attached hydrogens (tertiary/aromatic N) is 1. The van der Waals surface area contributed by atoms with Crippen molar-refractivity contribution in [3.63, 3.8) is 0 Å². The molecule has 9 heteroatoms. The predicted molar refractivity (Wildman–Crippen MR) is 71.9 cm³/mol. The number of Topliss-reactive ketones (excluding diaryl/α,β-unsaturated/α-hetero) is 1. The summed E-state index contributed by atoms with van der Waals surface area (Å²) in [6, 6.07) is 2.47. The molecule has 0 aliphatic carbocycles. The molecule has 1 aliphatic rings. The van der Waals surface area contributed by atoms with Crippen LogP contribution in [0.15, 0.2) is 24.3 Å². The number of hydrogen-bond acceptors (Lipinski definition) is 5. The fraction of sp³-hybridized carbons (Fsp3) is 0.400. The molecule has 1 aromatic carbocycles. The number of hydrogen-bond donors (Lipinski definition) is 0. The Balaban J connectivity index is 1.93. The molecule has 1 fully saturated rings. The van der Waals surface area contributed by atoms with Crippen molar-refractivity contribution in [1.82, 2.24) is 4.90 Å². The highest BCUT2D eigenvalue weighted by molar-refractivity contribution is 5.98. The Labute approximate surface area is 134 Å². The molecule has 24 heavy (non-hydrogen) atoms. The summed E-state index contributed by atoms with van der Waals surface area (Å²) in [5, 5.41) is 10.8. The maximum Gasteiger partial charge on any atom is 0.416 e. The maximum atomic E-state index is 12.4. The van der Waals surface area contributed by atoms with Crippen molar-refractivity contribution < 1.29 is 37.4 Å². The van der Waals surface area contributed by atoms with Crippen LogP contribution in [0.4, 0.5) is 18.0 Å². The SMILES string of the molecule is O=C(COC(=O)[C@@H]1CCCN1C(=O)[O-])c1ccc(C(F)(F)F)cc1. The zero-order chi connectivity index (χ0) is 17.9. The average Bonchev–Trinajstić information content (AvgIpc) is 3.01. The summed E-state index contributed by atoms with van der Waals surface area (Å²) >= 11 is 0. The summed E-state index contributed by atoms with van der Waals surface area (Å²) in [7, 11) is 0. The first-order valence-electron chi connectivity index (χ1n) is 7.05. The van der Waals surface area contributed by atoms with E-state index in [0.29, 0.717) is 6.42 Å². The van der Waals surface area contributed by atoms with Gasteiger partial charge in [-0.25, -0.2) is 4.79 Å². The molecule has 130 valence electrons. The first kappa shape index (κ1) is 17.8. The van der Waals surface area contributed by atoms with Gasteiger partial charge in [0, 0.05) is 12.1 Å². The standard InChI is InChI=1S/C15H14F3NO5/c16-15(17,18)10-5-3-9(4-6-10)12(20)8-24-13(21)11-2-1-7-19(11)14(22)23/h3-6,11H,1-2,7-8H2,(H,22,23)/p-1/t11-/m0/s1. The number of ether oxygens (including phenoxy) is 1. The minimum atomic E-state index is -4.51. The Bertz CT molecular complexity index is 642.